The van der Waals surface area contributed by atoms with Crippen molar-refractivity contribution in [1.82, 2.24) is 14.5 Å². The van der Waals surface area contributed by atoms with Gasteiger partial charge in [0.2, 0.25) is 0 Å². The van der Waals surface area contributed by atoms with Crippen molar-refractivity contribution in [3.8, 4) is 5.69 Å². The summed E-state index contributed by atoms with van der Waals surface area (Å²) in [6.45, 7) is 1.87. The van der Waals surface area contributed by atoms with Crippen molar-refractivity contribution in [2.45, 2.75) is 13.0 Å². The maximum Gasteiger partial charge on any atom is 0.266 e. The minimum absolute atomic E-state index is 0.152. The van der Waals surface area contributed by atoms with Gasteiger partial charge in [-0.25, -0.2) is 9.98 Å². The normalized spacial score (nSPS) is 18.6. The Kier molecular flexibility index (Phi) is 7.23. The van der Waals surface area contributed by atoms with Gasteiger partial charge in [-0.05, 0) is 53.8 Å². The van der Waals surface area contributed by atoms with Gasteiger partial charge in [0.15, 0.2) is 11.0 Å². The predicted octanol–water partition coefficient (Wildman–Crippen LogP) is 7.42. The largest absolute Gasteiger partial charge is 0.311 e. The zero-order valence-corrected chi connectivity index (χ0v) is 26.2. The summed E-state index contributed by atoms with van der Waals surface area (Å²) in [5.74, 6) is 0.0458. The molecule has 2 atom stereocenters. The van der Waals surface area contributed by atoms with Crippen LogP contribution < -0.4 is 10.6 Å². The van der Waals surface area contributed by atoms with Crippen LogP contribution in [0.2, 0.25) is 0 Å². The van der Waals surface area contributed by atoms with Crippen LogP contribution in [0.15, 0.2) is 147 Å². The molecule has 0 N–H and O–H groups in total. The second kappa shape index (κ2) is 11.9. The number of thioether (sulfide) groups is 1. The number of hydrogen-bond donors (Lipinski definition) is 0. The molecular formula is C38H28N6O2S. The zero-order valence-electron chi connectivity index (χ0n) is 25.3. The monoisotopic (exact) mass is 632 g/mol. The van der Waals surface area contributed by atoms with E-state index in [1.54, 1.807) is 4.57 Å². The minimum Gasteiger partial charge on any atom is -0.311 e. The molecule has 1 amide bonds. The maximum atomic E-state index is 14.9. The molecule has 3 aliphatic rings. The summed E-state index contributed by atoms with van der Waals surface area (Å²) in [5.41, 5.74) is 4.89. The SMILES string of the molecule is CC1=NN(c2ccccc2)C(=O)C1C1=CSC2=Nc3nc(/C=C/c4ccccc4)n(-c4ccccc4)c(=O)c3C(c3ccccc3)N12. The van der Waals surface area contributed by atoms with Gasteiger partial charge in [-0.15, -0.1) is 0 Å². The Bertz CT molecular complexity index is 2180. The number of hydrogen-bond acceptors (Lipinski definition) is 7. The van der Waals surface area contributed by atoms with Gasteiger partial charge < -0.3 is 4.90 Å². The maximum absolute atomic E-state index is 14.9. The number of para-hydroxylation sites is 2. The molecular weight excluding hydrogens is 605 g/mol. The number of rotatable bonds is 6. The third-order valence-electron chi connectivity index (χ3n) is 8.41. The molecule has 2 unspecified atom stereocenters. The van der Waals surface area contributed by atoms with Crippen LogP contribution in [-0.4, -0.2) is 31.2 Å². The lowest BCUT2D eigenvalue weighted by molar-refractivity contribution is -0.119. The molecule has 0 fully saturated rings. The van der Waals surface area contributed by atoms with Gasteiger partial charge >= 0.3 is 0 Å². The number of amidine groups is 1. The van der Waals surface area contributed by atoms with E-state index >= 15 is 0 Å². The van der Waals surface area contributed by atoms with Gasteiger partial charge in [0, 0.05) is 5.70 Å². The van der Waals surface area contributed by atoms with Crippen molar-refractivity contribution in [3.63, 3.8) is 0 Å². The van der Waals surface area contributed by atoms with Crippen LogP contribution in [-0.2, 0) is 4.79 Å². The Morgan fingerprint density at radius 2 is 1.36 bits per heavy atom. The Balaban J connectivity index is 1.29. The average Bonchev–Trinajstić information content (AvgIpc) is 3.66. The topological polar surface area (TPSA) is 83.2 Å². The first kappa shape index (κ1) is 28.7. The van der Waals surface area contributed by atoms with Gasteiger partial charge in [-0.3, -0.25) is 14.2 Å². The fourth-order valence-electron chi connectivity index (χ4n) is 6.25. The minimum atomic E-state index is -0.638. The van der Waals surface area contributed by atoms with Crippen LogP contribution in [0.25, 0.3) is 17.8 Å². The van der Waals surface area contributed by atoms with Crippen LogP contribution >= 0.6 is 11.8 Å². The molecule has 0 bridgehead atoms. The summed E-state index contributed by atoms with van der Waals surface area (Å²) >= 11 is 1.43. The van der Waals surface area contributed by atoms with Gasteiger partial charge in [-0.1, -0.05) is 115 Å². The highest BCUT2D eigenvalue weighted by molar-refractivity contribution is 8.16. The highest BCUT2D eigenvalue weighted by atomic mass is 32.2. The molecule has 4 aromatic carbocycles. The summed E-state index contributed by atoms with van der Waals surface area (Å²) < 4.78 is 1.64. The first-order chi connectivity index (χ1) is 23.1. The third kappa shape index (κ3) is 5.01. The van der Waals surface area contributed by atoms with E-state index in [0.29, 0.717) is 39.5 Å². The molecule has 5 aromatic rings. The molecule has 0 saturated heterocycles. The summed E-state index contributed by atoms with van der Waals surface area (Å²) in [6, 6.07) is 38.1. The molecule has 0 saturated carbocycles. The fraction of sp³-hybridized carbons (Fsp3) is 0.0789. The second-order valence-corrected chi connectivity index (χ2v) is 12.2. The van der Waals surface area contributed by atoms with Crippen LogP contribution in [0, 0.1) is 5.92 Å². The standard InChI is InChI=1S/C38H28N6O2S/c1-25-32(37(46)44(41-25)29-20-12-5-13-21-29)30-24-47-38-40-35-33(34(43(30)38)27-16-8-3-9-17-27)36(45)42(28-18-10-4-11-19-28)31(39-35)23-22-26-14-6-2-7-15-26/h2-24,32,34H,1H3/b23-22+. The number of amides is 1. The first-order valence-corrected chi connectivity index (χ1v) is 16.2. The van der Waals surface area contributed by atoms with Gasteiger partial charge in [0.25, 0.3) is 11.5 Å². The molecule has 4 heterocycles. The Labute approximate surface area is 275 Å². The number of carbonyl (C=O) groups is 1. The van der Waals surface area contributed by atoms with Crippen molar-refractivity contribution in [1.29, 1.82) is 0 Å². The molecule has 0 spiro atoms. The van der Waals surface area contributed by atoms with E-state index in [-0.39, 0.29) is 11.5 Å². The number of benzene rings is 4. The van der Waals surface area contributed by atoms with Crippen LogP contribution in [0.1, 0.15) is 35.5 Å². The van der Waals surface area contributed by atoms with Crippen molar-refractivity contribution >= 4 is 52.2 Å². The smallest absolute Gasteiger partial charge is 0.266 e. The number of carbonyl (C=O) groups excluding carboxylic acids is 1. The van der Waals surface area contributed by atoms with E-state index in [0.717, 1.165) is 16.8 Å². The van der Waals surface area contributed by atoms with E-state index in [9.17, 15) is 9.59 Å². The fourth-order valence-corrected chi connectivity index (χ4v) is 7.19. The number of aliphatic imine (C=N–C) groups is 1. The molecule has 0 aliphatic carbocycles. The number of fused-ring (bicyclic) bond motifs is 2. The van der Waals surface area contributed by atoms with E-state index in [1.807, 2.05) is 151 Å². The molecule has 47 heavy (non-hydrogen) atoms. The molecule has 8 rings (SSSR count). The lowest BCUT2D eigenvalue weighted by Gasteiger charge is -2.37. The number of hydrazone groups is 1. The summed E-state index contributed by atoms with van der Waals surface area (Å²) in [4.78, 5) is 40.9. The first-order valence-electron chi connectivity index (χ1n) is 15.3. The van der Waals surface area contributed by atoms with Crippen molar-refractivity contribution < 1.29 is 4.79 Å². The summed E-state index contributed by atoms with van der Waals surface area (Å²) in [5, 5.41) is 8.75. The molecule has 0 radical (unpaired) electrons. The Hall–Kier alpha value is -5.80. The highest BCUT2D eigenvalue weighted by Crippen LogP contribution is 2.48. The van der Waals surface area contributed by atoms with Crippen LogP contribution in [0.3, 0.4) is 0 Å². The Morgan fingerprint density at radius 1 is 0.745 bits per heavy atom. The summed E-state index contributed by atoms with van der Waals surface area (Å²) in [7, 11) is 0. The van der Waals surface area contributed by atoms with Crippen molar-refractivity contribution in [2.75, 3.05) is 5.01 Å². The quantitative estimate of drug-likeness (QED) is 0.195. The predicted molar refractivity (Wildman–Crippen MR) is 189 cm³/mol. The third-order valence-corrected chi connectivity index (χ3v) is 9.27. The van der Waals surface area contributed by atoms with Gasteiger partial charge in [0.05, 0.1) is 28.7 Å². The molecule has 3 aliphatic heterocycles. The van der Waals surface area contributed by atoms with Crippen molar-refractivity contribution in [2.24, 2.45) is 16.0 Å². The molecule has 1 aromatic heterocycles. The number of nitrogens with zero attached hydrogens (tertiary/aromatic N) is 6. The summed E-state index contributed by atoms with van der Waals surface area (Å²) in [6.07, 6.45) is 3.80. The molecule has 228 valence electrons. The van der Waals surface area contributed by atoms with Crippen LogP contribution in [0.4, 0.5) is 11.5 Å². The second-order valence-electron chi connectivity index (χ2n) is 11.3. The van der Waals surface area contributed by atoms with Crippen molar-refractivity contribution in [3.05, 3.63) is 165 Å². The number of aromatic nitrogens is 2. The lowest BCUT2D eigenvalue weighted by atomic mass is 9.93. The lowest BCUT2D eigenvalue weighted by Crippen LogP contribution is -2.42. The van der Waals surface area contributed by atoms with E-state index < -0.39 is 12.0 Å². The van der Waals surface area contributed by atoms with E-state index in [1.165, 1.54) is 16.8 Å². The van der Waals surface area contributed by atoms with E-state index in [2.05, 4.69) is 5.10 Å². The van der Waals surface area contributed by atoms with Gasteiger partial charge in [-0.2, -0.15) is 10.1 Å². The molecule has 9 heteroatoms. The average molecular weight is 633 g/mol. The van der Waals surface area contributed by atoms with Crippen LogP contribution in [0.5, 0.6) is 0 Å². The van der Waals surface area contributed by atoms with E-state index in [4.69, 9.17) is 9.98 Å². The number of anilines is 1. The zero-order chi connectivity index (χ0) is 31.9. The molecule has 8 nitrogen and oxygen atoms in total. The highest BCUT2D eigenvalue weighted by Gasteiger charge is 2.47. The Morgan fingerprint density at radius 3 is 2.04 bits per heavy atom. The van der Waals surface area contributed by atoms with Gasteiger partial charge in [0.1, 0.15) is 11.7 Å².